The molecule has 8 heteroatoms. The average Bonchev–Trinajstić information content (AvgIpc) is 2.87. The molecule has 0 bridgehead atoms. The van der Waals surface area contributed by atoms with Gasteiger partial charge in [-0.3, -0.25) is 0 Å². The lowest BCUT2D eigenvalue weighted by molar-refractivity contribution is -0.389. The predicted molar refractivity (Wildman–Crippen MR) is 78.8 cm³/mol. The van der Waals surface area contributed by atoms with Gasteiger partial charge in [-0.1, -0.05) is 25.4 Å². The minimum Gasteiger partial charge on any atom is -0.358 e. The van der Waals surface area contributed by atoms with E-state index in [4.69, 9.17) is 11.6 Å². The van der Waals surface area contributed by atoms with Gasteiger partial charge in [0.1, 0.15) is 6.20 Å². The Kier molecular flexibility index (Phi) is 4.23. The zero-order valence-electron chi connectivity index (χ0n) is 11.4. The van der Waals surface area contributed by atoms with Crippen LogP contribution in [0.15, 0.2) is 30.5 Å². The lowest BCUT2D eigenvalue weighted by Gasteiger charge is -2.07. The number of anilines is 1. The number of hydrogen-bond acceptors (Lipinski definition) is 4. The molecule has 2 rings (SSSR count). The van der Waals surface area contributed by atoms with Crippen LogP contribution >= 0.6 is 11.6 Å². The number of nitrogens with zero attached hydrogens (tertiary/aromatic N) is 3. The van der Waals surface area contributed by atoms with Crippen molar-refractivity contribution in [3.63, 3.8) is 0 Å². The third-order valence-electron chi connectivity index (χ3n) is 2.74. The SMILES string of the molecule is CC(C)c1nc([N+](=O)[O-])cn1C(=O)Nc1ccc(Cl)cc1. The zero-order chi connectivity index (χ0) is 15.6. The van der Waals surface area contributed by atoms with Crippen molar-refractivity contribution < 1.29 is 9.72 Å². The van der Waals surface area contributed by atoms with Crippen LogP contribution in [0.1, 0.15) is 25.6 Å². The maximum Gasteiger partial charge on any atom is 0.382 e. The number of amides is 1. The van der Waals surface area contributed by atoms with Crippen LogP contribution in [0.3, 0.4) is 0 Å². The molecule has 1 aromatic heterocycles. The van der Waals surface area contributed by atoms with Gasteiger partial charge in [-0.2, -0.15) is 0 Å². The topological polar surface area (TPSA) is 90.1 Å². The summed E-state index contributed by atoms with van der Waals surface area (Å²) in [5, 5.41) is 14.0. The number of carbonyl (C=O) groups is 1. The summed E-state index contributed by atoms with van der Waals surface area (Å²) >= 11 is 5.77. The van der Waals surface area contributed by atoms with Crippen LogP contribution in [-0.4, -0.2) is 20.5 Å². The monoisotopic (exact) mass is 308 g/mol. The van der Waals surface area contributed by atoms with E-state index in [1.54, 1.807) is 38.1 Å². The van der Waals surface area contributed by atoms with E-state index in [0.29, 0.717) is 16.5 Å². The molecule has 0 spiro atoms. The summed E-state index contributed by atoms with van der Waals surface area (Å²) in [5.74, 6) is -0.159. The Hall–Kier alpha value is -2.41. The summed E-state index contributed by atoms with van der Waals surface area (Å²) in [7, 11) is 0. The molecule has 1 amide bonds. The quantitative estimate of drug-likeness (QED) is 0.692. The van der Waals surface area contributed by atoms with E-state index < -0.39 is 11.0 Å². The Bertz CT molecular complexity index is 679. The maximum absolute atomic E-state index is 12.2. The first-order valence-corrected chi connectivity index (χ1v) is 6.57. The van der Waals surface area contributed by atoms with Gasteiger partial charge in [0.2, 0.25) is 5.82 Å². The van der Waals surface area contributed by atoms with E-state index in [9.17, 15) is 14.9 Å². The first-order chi connectivity index (χ1) is 9.88. The molecular weight excluding hydrogens is 296 g/mol. The molecule has 0 atom stereocenters. The van der Waals surface area contributed by atoms with E-state index >= 15 is 0 Å². The summed E-state index contributed by atoms with van der Waals surface area (Å²) in [6.07, 6.45) is 1.11. The molecule has 0 aliphatic heterocycles. The third-order valence-corrected chi connectivity index (χ3v) is 2.99. The van der Waals surface area contributed by atoms with Crippen molar-refractivity contribution in [2.24, 2.45) is 0 Å². The van der Waals surface area contributed by atoms with Crippen LogP contribution in [0.2, 0.25) is 5.02 Å². The van der Waals surface area contributed by atoms with Gasteiger partial charge in [-0.05, 0) is 34.2 Å². The largest absolute Gasteiger partial charge is 0.382 e. The molecule has 1 heterocycles. The first-order valence-electron chi connectivity index (χ1n) is 6.19. The number of rotatable bonds is 3. The van der Waals surface area contributed by atoms with Gasteiger partial charge in [0.25, 0.3) is 0 Å². The van der Waals surface area contributed by atoms with Crippen LogP contribution in [0.4, 0.5) is 16.3 Å². The molecule has 0 radical (unpaired) electrons. The van der Waals surface area contributed by atoms with Gasteiger partial charge in [-0.25, -0.2) is 9.36 Å². The minimum absolute atomic E-state index is 0.130. The number of benzene rings is 1. The Morgan fingerprint density at radius 3 is 2.52 bits per heavy atom. The maximum atomic E-state index is 12.2. The van der Waals surface area contributed by atoms with Gasteiger partial charge >= 0.3 is 11.8 Å². The fraction of sp³-hybridized carbons (Fsp3) is 0.231. The Morgan fingerprint density at radius 2 is 2.00 bits per heavy atom. The van der Waals surface area contributed by atoms with E-state index in [1.807, 2.05) is 0 Å². The fourth-order valence-corrected chi connectivity index (χ4v) is 1.88. The van der Waals surface area contributed by atoms with E-state index in [-0.39, 0.29) is 11.7 Å². The van der Waals surface area contributed by atoms with E-state index in [1.165, 1.54) is 0 Å². The molecule has 0 unspecified atom stereocenters. The second-order valence-corrected chi connectivity index (χ2v) is 5.11. The molecule has 2 aromatic rings. The van der Waals surface area contributed by atoms with E-state index in [0.717, 1.165) is 10.8 Å². The molecule has 0 saturated carbocycles. The number of carbonyl (C=O) groups excluding carboxylic acids is 1. The molecule has 0 aliphatic rings. The van der Waals surface area contributed by atoms with Crippen LogP contribution in [0.25, 0.3) is 0 Å². The molecule has 21 heavy (non-hydrogen) atoms. The molecule has 110 valence electrons. The summed E-state index contributed by atoms with van der Waals surface area (Å²) in [5.41, 5.74) is 0.537. The Morgan fingerprint density at radius 1 is 1.38 bits per heavy atom. The van der Waals surface area contributed by atoms with Crippen LogP contribution < -0.4 is 5.32 Å². The highest BCUT2D eigenvalue weighted by atomic mass is 35.5. The normalized spacial score (nSPS) is 10.7. The molecule has 7 nitrogen and oxygen atoms in total. The number of aromatic nitrogens is 2. The smallest absolute Gasteiger partial charge is 0.358 e. The lowest BCUT2D eigenvalue weighted by Crippen LogP contribution is -2.21. The van der Waals surface area contributed by atoms with Gasteiger partial charge < -0.3 is 15.4 Å². The summed E-state index contributed by atoms with van der Waals surface area (Å²) in [6.45, 7) is 3.61. The highest BCUT2D eigenvalue weighted by molar-refractivity contribution is 6.30. The van der Waals surface area contributed by atoms with E-state index in [2.05, 4.69) is 10.3 Å². The van der Waals surface area contributed by atoms with Gasteiger partial charge in [0.05, 0.1) is 0 Å². The predicted octanol–water partition coefficient (Wildman–Crippen LogP) is 3.65. The summed E-state index contributed by atoms with van der Waals surface area (Å²) in [4.78, 5) is 26.2. The second kappa shape index (κ2) is 5.92. The van der Waals surface area contributed by atoms with Crippen molar-refractivity contribution >= 4 is 29.1 Å². The molecule has 0 saturated heterocycles. The van der Waals surface area contributed by atoms with Gasteiger partial charge in [0, 0.05) is 16.6 Å². The summed E-state index contributed by atoms with van der Waals surface area (Å²) < 4.78 is 1.15. The van der Waals surface area contributed by atoms with Crippen molar-refractivity contribution in [1.82, 2.24) is 9.55 Å². The molecule has 0 fully saturated rings. The number of hydrogen-bond donors (Lipinski definition) is 1. The van der Waals surface area contributed by atoms with Crippen molar-refractivity contribution in [2.75, 3.05) is 5.32 Å². The lowest BCUT2D eigenvalue weighted by atomic mass is 10.2. The van der Waals surface area contributed by atoms with Gasteiger partial charge in [0.15, 0.2) is 0 Å². The van der Waals surface area contributed by atoms with Crippen molar-refractivity contribution in [2.45, 2.75) is 19.8 Å². The Labute approximate surface area is 125 Å². The second-order valence-electron chi connectivity index (χ2n) is 4.68. The number of nitro groups is 1. The number of imidazole rings is 1. The molecular formula is C13H13ClN4O3. The highest BCUT2D eigenvalue weighted by Crippen LogP contribution is 2.20. The number of halogens is 1. The molecule has 1 N–H and O–H groups in total. The standard InChI is InChI=1S/C13H13ClN4O3/c1-8(2)12-16-11(18(20)21)7-17(12)13(19)15-10-5-3-9(14)4-6-10/h3-8H,1-2H3,(H,15,19). The van der Waals surface area contributed by atoms with Crippen LogP contribution in [0.5, 0.6) is 0 Å². The van der Waals surface area contributed by atoms with Crippen molar-refractivity contribution in [1.29, 1.82) is 0 Å². The molecule has 0 aliphatic carbocycles. The van der Waals surface area contributed by atoms with Gasteiger partial charge in [-0.15, -0.1) is 0 Å². The average molecular weight is 309 g/mol. The summed E-state index contributed by atoms with van der Waals surface area (Å²) in [6, 6.07) is 6.04. The van der Waals surface area contributed by atoms with Crippen molar-refractivity contribution in [3.05, 3.63) is 51.4 Å². The third kappa shape index (κ3) is 3.38. The number of nitrogens with one attached hydrogen (secondary N) is 1. The van der Waals surface area contributed by atoms with Crippen molar-refractivity contribution in [3.8, 4) is 0 Å². The first kappa shape index (κ1) is 15.0. The zero-order valence-corrected chi connectivity index (χ0v) is 12.2. The fourth-order valence-electron chi connectivity index (χ4n) is 1.76. The molecule has 1 aromatic carbocycles. The minimum atomic E-state index is -0.627. The van der Waals surface area contributed by atoms with Crippen LogP contribution in [-0.2, 0) is 0 Å². The van der Waals surface area contributed by atoms with Crippen LogP contribution in [0, 0.1) is 10.1 Å². The highest BCUT2D eigenvalue weighted by Gasteiger charge is 2.24. The Balaban J connectivity index is 2.29.